The number of hydrogen-bond donors (Lipinski definition) is 1. The van der Waals surface area contributed by atoms with Crippen LogP contribution in [0.25, 0.3) is 74.7 Å². The van der Waals surface area contributed by atoms with Crippen LogP contribution in [0, 0.1) is 0 Å². The third-order valence-electron chi connectivity index (χ3n) is 9.36. The summed E-state index contributed by atoms with van der Waals surface area (Å²) in [4.78, 5) is 9.18. The molecule has 0 amide bonds. The van der Waals surface area contributed by atoms with Gasteiger partial charge in [-0.15, -0.1) is 0 Å². The average molecular weight is 662 g/mol. The van der Waals surface area contributed by atoms with Gasteiger partial charge in [-0.25, -0.2) is 0 Å². The summed E-state index contributed by atoms with van der Waals surface area (Å²) < 4.78 is 2.75. The monoisotopic (exact) mass is 662 g/mol. The zero-order valence-electron chi connectivity index (χ0n) is 27.3. The van der Waals surface area contributed by atoms with Crippen molar-refractivity contribution in [3.63, 3.8) is 0 Å². The van der Waals surface area contributed by atoms with Crippen LogP contribution in [0.3, 0.4) is 0 Å². The fraction of sp³-hybridized carbons (Fsp3) is 0.186. The molecule has 0 aliphatic heterocycles. The minimum absolute atomic E-state index is 0.114. The molecule has 0 unspecified atom stereocenters. The Labute approximate surface area is 276 Å². The Morgan fingerprint density at radius 1 is 0.522 bits per heavy atom. The van der Waals surface area contributed by atoms with Crippen LogP contribution in [0.5, 0.6) is 0 Å². The molecule has 8 aromatic rings. The van der Waals surface area contributed by atoms with Crippen molar-refractivity contribution >= 4 is 55.7 Å². The summed E-state index contributed by atoms with van der Waals surface area (Å²) >= 11 is 0.234. The topological polar surface area (TPSA) is 28.7 Å². The molecule has 0 aliphatic carbocycles. The maximum atomic E-state index is 5.44. The van der Waals surface area contributed by atoms with Crippen LogP contribution >= 0.6 is 0 Å². The standard InChI is InChI=1S/C43H38N2Se/c1-42(2,3)31-15-11-26(12-16-31)28-23-29(27-13-17-32(18-14-27)43(4,5)6)25-30(24-28)35-20-22-38-41(44-35)39-37(46-38)21-19-34-33-9-7-8-10-36(33)45-40(34)39/h7-25,45H,1-6H3. The van der Waals surface area contributed by atoms with Gasteiger partial charge < -0.3 is 0 Å². The zero-order valence-corrected chi connectivity index (χ0v) is 29.0. The molecule has 0 aliphatic rings. The third-order valence-corrected chi connectivity index (χ3v) is 11.7. The fourth-order valence-corrected chi connectivity index (χ4v) is 8.85. The first kappa shape index (κ1) is 29.0. The molecule has 226 valence electrons. The predicted octanol–water partition coefficient (Wildman–Crippen LogP) is 11.7. The molecule has 0 bridgehead atoms. The van der Waals surface area contributed by atoms with Gasteiger partial charge in [0.25, 0.3) is 0 Å². The number of benzene rings is 5. The number of nitrogens with zero attached hydrogens (tertiary/aromatic N) is 1. The molecule has 8 rings (SSSR count). The number of pyridine rings is 1. The van der Waals surface area contributed by atoms with E-state index in [9.17, 15) is 0 Å². The first-order valence-electron chi connectivity index (χ1n) is 16.1. The number of aromatic amines is 1. The van der Waals surface area contributed by atoms with Crippen LogP contribution in [0.1, 0.15) is 52.7 Å². The number of aromatic nitrogens is 2. The van der Waals surface area contributed by atoms with Crippen molar-refractivity contribution < 1.29 is 0 Å². The van der Waals surface area contributed by atoms with Crippen molar-refractivity contribution in [1.82, 2.24) is 9.97 Å². The second-order valence-corrected chi connectivity index (χ2v) is 16.9. The van der Waals surface area contributed by atoms with Crippen LogP contribution in [0.4, 0.5) is 0 Å². The van der Waals surface area contributed by atoms with Crippen LogP contribution in [-0.2, 0) is 10.8 Å². The molecule has 0 fully saturated rings. The summed E-state index contributed by atoms with van der Waals surface area (Å²) in [5.41, 5.74) is 13.4. The van der Waals surface area contributed by atoms with E-state index in [1.165, 1.54) is 69.1 Å². The van der Waals surface area contributed by atoms with Crippen LogP contribution < -0.4 is 0 Å². The molecule has 0 radical (unpaired) electrons. The van der Waals surface area contributed by atoms with E-state index in [0.717, 1.165) is 16.8 Å². The van der Waals surface area contributed by atoms with Crippen molar-refractivity contribution in [3.8, 4) is 33.5 Å². The Morgan fingerprint density at radius 2 is 1.09 bits per heavy atom. The van der Waals surface area contributed by atoms with Crippen LogP contribution in [-0.4, -0.2) is 24.5 Å². The summed E-state index contributed by atoms with van der Waals surface area (Å²) in [5, 5.41) is 3.81. The Bertz CT molecular complexity index is 2330. The molecule has 3 heteroatoms. The van der Waals surface area contributed by atoms with E-state index in [2.05, 4.69) is 162 Å². The fourth-order valence-electron chi connectivity index (χ4n) is 6.64. The Kier molecular flexibility index (Phi) is 6.66. The summed E-state index contributed by atoms with van der Waals surface area (Å²) in [6, 6.07) is 42.9. The number of H-pyrrole nitrogens is 1. The molecule has 3 aromatic heterocycles. The second-order valence-electron chi connectivity index (χ2n) is 14.6. The molecule has 3 heterocycles. The number of para-hydroxylation sites is 1. The number of fused-ring (bicyclic) bond motifs is 7. The van der Waals surface area contributed by atoms with Gasteiger partial charge in [0.1, 0.15) is 0 Å². The maximum absolute atomic E-state index is 5.44. The Balaban J connectivity index is 1.32. The molecule has 46 heavy (non-hydrogen) atoms. The van der Waals surface area contributed by atoms with Gasteiger partial charge in [0, 0.05) is 0 Å². The first-order valence-corrected chi connectivity index (χ1v) is 17.8. The number of rotatable bonds is 3. The summed E-state index contributed by atoms with van der Waals surface area (Å²) in [6.45, 7) is 13.6. The van der Waals surface area contributed by atoms with E-state index < -0.39 is 0 Å². The van der Waals surface area contributed by atoms with E-state index in [1.807, 2.05) is 0 Å². The second kappa shape index (κ2) is 10.6. The summed E-state index contributed by atoms with van der Waals surface area (Å²) in [5.74, 6) is 0. The van der Waals surface area contributed by atoms with E-state index in [0.29, 0.717) is 0 Å². The van der Waals surface area contributed by atoms with Crippen molar-refractivity contribution in [3.05, 3.63) is 126 Å². The minimum atomic E-state index is 0.114. The van der Waals surface area contributed by atoms with Crippen molar-refractivity contribution in [2.45, 2.75) is 52.4 Å². The summed E-state index contributed by atoms with van der Waals surface area (Å²) in [7, 11) is 0. The number of nitrogens with one attached hydrogen (secondary N) is 1. The molecular formula is C43H38N2Se. The van der Waals surface area contributed by atoms with Gasteiger partial charge in [-0.2, -0.15) is 0 Å². The number of hydrogen-bond acceptors (Lipinski definition) is 1. The molecular weight excluding hydrogens is 623 g/mol. The van der Waals surface area contributed by atoms with Crippen LogP contribution in [0.15, 0.2) is 115 Å². The molecule has 2 nitrogen and oxygen atoms in total. The van der Waals surface area contributed by atoms with E-state index in [-0.39, 0.29) is 25.3 Å². The molecule has 0 saturated heterocycles. The zero-order chi connectivity index (χ0) is 31.8. The summed E-state index contributed by atoms with van der Waals surface area (Å²) in [6.07, 6.45) is 0. The molecule has 0 spiro atoms. The third kappa shape index (κ3) is 4.99. The molecule has 1 N–H and O–H groups in total. The normalized spacial score (nSPS) is 12.6. The van der Waals surface area contributed by atoms with Crippen molar-refractivity contribution in [1.29, 1.82) is 0 Å². The quantitative estimate of drug-likeness (QED) is 0.188. The first-order chi connectivity index (χ1) is 22.0. The van der Waals surface area contributed by atoms with Gasteiger partial charge in [-0.3, -0.25) is 0 Å². The van der Waals surface area contributed by atoms with Crippen molar-refractivity contribution in [2.75, 3.05) is 0 Å². The predicted molar refractivity (Wildman–Crippen MR) is 199 cm³/mol. The van der Waals surface area contributed by atoms with Gasteiger partial charge in [-0.1, -0.05) is 41.5 Å². The SMILES string of the molecule is CC(C)(C)c1ccc(-c2cc(-c3ccc(C(C)(C)C)cc3)cc(-c3ccc4[se]c5ccc6c7ccccc7[nH]c6c5c4n3)c2)cc1. The van der Waals surface area contributed by atoms with Gasteiger partial charge in [0.05, 0.1) is 0 Å². The molecule has 0 saturated carbocycles. The molecule has 0 atom stereocenters. The van der Waals surface area contributed by atoms with E-state index in [4.69, 9.17) is 4.98 Å². The Hall–Kier alpha value is -4.43. The van der Waals surface area contributed by atoms with Gasteiger partial charge in [0.2, 0.25) is 0 Å². The van der Waals surface area contributed by atoms with E-state index >= 15 is 0 Å². The van der Waals surface area contributed by atoms with Gasteiger partial charge in [-0.05, 0) is 0 Å². The average Bonchev–Trinajstić information content (AvgIpc) is 3.62. The van der Waals surface area contributed by atoms with Crippen molar-refractivity contribution in [2.24, 2.45) is 0 Å². The van der Waals surface area contributed by atoms with Crippen LogP contribution in [0.2, 0.25) is 0 Å². The Morgan fingerprint density at radius 3 is 1.70 bits per heavy atom. The van der Waals surface area contributed by atoms with Gasteiger partial charge in [0.15, 0.2) is 0 Å². The van der Waals surface area contributed by atoms with E-state index in [1.54, 1.807) is 0 Å². The molecule has 5 aromatic carbocycles. The van der Waals surface area contributed by atoms with Gasteiger partial charge >= 0.3 is 236 Å².